The summed E-state index contributed by atoms with van der Waals surface area (Å²) in [7, 11) is 2.01. The molecule has 2 unspecified atom stereocenters. The molecule has 212 valence electrons. The van der Waals surface area contributed by atoms with Crippen molar-refractivity contribution < 1.29 is 14.2 Å². The summed E-state index contributed by atoms with van der Waals surface area (Å²) < 4.78 is 24.0. The van der Waals surface area contributed by atoms with E-state index < -0.39 is 11.8 Å². The highest BCUT2D eigenvalue weighted by molar-refractivity contribution is 5.86. The highest BCUT2D eigenvalue weighted by Gasteiger charge is 2.43. The SMILES string of the molecule is Cn1c(CN2CCC(C(C)(C)O)CC2)nc2c(N3CCOCC3)nc(-n3c(C4CC4F)nc4ccccc43)nc21. The summed E-state index contributed by atoms with van der Waals surface area (Å²) in [5.41, 5.74) is 2.57. The molecular formula is C29H37FN8O2. The van der Waals surface area contributed by atoms with Gasteiger partial charge >= 0.3 is 0 Å². The smallest absolute Gasteiger partial charge is 0.239 e. The minimum absolute atomic E-state index is 0.243. The molecule has 3 fully saturated rings. The highest BCUT2D eigenvalue weighted by atomic mass is 19.1. The van der Waals surface area contributed by atoms with E-state index in [1.807, 2.05) is 49.7 Å². The molecule has 1 saturated carbocycles. The minimum Gasteiger partial charge on any atom is -0.390 e. The van der Waals surface area contributed by atoms with E-state index in [0.29, 0.717) is 57.0 Å². The number of fused-ring (bicyclic) bond motifs is 2. The second kappa shape index (κ2) is 9.74. The molecule has 0 amide bonds. The van der Waals surface area contributed by atoms with Crippen LogP contribution in [-0.4, -0.2) is 90.2 Å². The molecule has 3 aliphatic rings. The van der Waals surface area contributed by atoms with Crippen LogP contribution in [-0.2, 0) is 18.3 Å². The number of piperidine rings is 1. The van der Waals surface area contributed by atoms with Crippen molar-refractivity contribution in [2.24, 2.45) is 13.0 Å². The number of aromatic nitrogens is 6. The molecule has 2 saturated heterocycles. The molecule has 3 aromatic heterocycles. The van der Waals surface area contributed by atoms with E-state index in [2.05, 4.69) is 14.4 Å². The summed E-state index contributed by atoms with van der Waals surface area (Å²) in [6.45, 7) is 9.05. The van der Waals surface area contributed by atoms with Gasteiger partial charge in [0.05, 0.1) is 42.3 Å². The third-order valence-corrected chi connectivity index (χ3v) is 8.87. The van der Waals surface area contributed by atoms with Gasteiger partial charge in [0.15, 0.2) is 17.0 Å². The third kappa shape index (κ3) is 4.53. The van der Waals surface area contributed by atoms with Crippen molar-refractivity contribution in [3.8, 4) is 5.95 Å². The maximum absolute atomic E-state index is 14.3. The van der Waals surface area contributed by atoms with Gasteiger partial charge in [-0.1, -0.05) is 12.1 Å². The molecule has 1 aromatic carbocycles. The van der Waals surface area contributed by atoms with Crippen LogP contribution in [0.4, 0.5) is 10.2 Å². The number of anilines is 1. The van der Waals surface area contributed by atoms with E-state index >= 15 is 0 Å². The van der Waals surface area contributed by atoms with E-state index in [1.54, 1.807) is 0 Å². The molecule has 0 bridgehead atoms. The van der Waals surface area contributed by atoms with Gasteiger partial charge in [0.25, 0.3) is 0 Å². The fraction of sp³-hybridized carbons (Fsp3) is 0.586. The Morgan fingerprint density at radius 1 is 1.02 bits per heavy atom. The summed E-state index contributed by atoms with van der Waals surface area (Å²) in [4.78, 5) is 24.7. The quantitative estimate of drug-likeness (QED) is 0.392. The van der Waals surface area contributed by atoms with E-state index in [4.69, 9.17) is 24.7 Å². The van der Waals surface area contributed by atoms with E-state index in [-0.39, 0.29) is 5.92 Å². The number of aryl methyl sites for hydroxylation is 1. The Morgan fingerprint density at radius 2 is 1.75 bits per heavy atom. The Hall–Kier alpha value is -3.15. The number of benzene rings is 1. The number of imidazole rings is 2. The van der Waals surface area contributed by atoms with Crippen molar-refractivity contribution in [3.05, 3.63) is 35.9 Å². The van der Waals surface area contributed by atoms with Crippen LogP contribution in [0.3, 0.4) is 0 Å². The van der Waals surface area contributed by atoms with Gasteiger partial charge in [-0.15, -0.1) is 0 Å². The van der Waals surface area contributed by atoms with Crippen LogP contribution in [0.5, 0.6) is 0 Å². The maximum Gasteiger partial charge on any atom is 0.239 e. The second-order valence-corrected chi connectivity index (χ2v) is 12.1. The molecule has 0 radical (unpaired) electrons. The normalized spacial score (nSPS) is 23.0. The van der Waals surface area contributed by atoms with Gasteiger partial charge < -0.3 is 19.3 Å². The molecule has 11 heteroatoms. The lowest BCUT2D eigenvalue weighted by Gasteiger charge is -2.37. The summed E-state index contributed by atoms with van der Waals surface area (Å²) in [5.74, 6) is 2.95. The Labute approximate surface area is 232 Å². The predicted molar refractivity (Wildman–Crippen MR) is 151 cm³/mol. The average Bonchev–Trinajstić information content (AvgIpc) is 3.43. The minimum atomic E-state index is -0.887. The van der Waals surface area contributed by atoms with Gasteiger partial charge in [-0.3, -0.25) is 9.47 Å². The summed E-state index contributed by atoms with van der Waals surface area (Å²) in [5, 5.41) is 10.5. The monoisotopic (exact) mass is 548 g/mol. The largest absolute Gasteiger partial charge is 0.390 e. The average molecular weight is 549 g/mol. The number of likely N-dealkylation sites (tertiary alicyclic amines) is 1. The van der Waals surface area contributed by atoms with E-state index in [0.717, 1.165) is 59.8 Å². The second-order valence-electron chi connectivity index (χ2n) is 12.1. The number of nitrogens with zero attached hydrogens (tertiary/aromatic N) is 8. The Morgan fingerprint density at radius 3 is 2.45 bits per heavy atom. The van der Waals surface area contributed by atoms with Gasteiger partial charge in [0, 0.05) is 20.1 Å². The maximum atomic E-state index is 14.3. The van der Waals surface area contributed by atoms with Crippen LogP contribution in [0.1, 0.15) is 50.7 Å². The first kappa shape index (κ1) is 25.8. The van der Waals surface area contributed by atoms with Crippen LogP contribution in [0.15, 0.2) is 24.3 Å². The molecule has 40 heavy (non-hydrogen) atoms. The molecule has 2 aliphatic heterocycles. The van der Waals surface area contributed by atoms with Crippen molar-refractivity contribution in [2.75, 3.05) is 44.3 Å². The predicted octanol–water partition coefficient (Wildman–Crippen LogP) is 3.35. The lowest BCUT2D eigenvalue weighted by Crippen LogP contribution is -2.41. The Balaban J connectivity index is 1.31. The molecular weight excluding hydrogens is 511 g/mol. The topological polar surface area (TPSA) is 97.4 Å². The third-order valence-electron chi connectivity index (χ3n) is 8.87. The van der Waals surface area contributed by atoms with Crippen molar-refractivity contribution in [2.45, 2.75) is 57.3 Å². The number of morpholine rings is 1. The van der Waals surface area contributed by atoms with Crippen molar-refractivity contribution in [1.29, 1.82) is 0 Å². The summed E-state index contributed by atoms with van der Waals surface area (Å²) in [6.07, 6.45) is 1.51. The lowest BCUT2D eigenvalue weighted by molar-refractivity contribution is -0.0139. The molecule has 7 rings (SSSR count). The lowest BCUT2D eigenvalue weighted by atomic mass is 9.83. The molecule has 1 aliphatic carbocycles. The van der Waals surface area contributed by atoms with Gasteiger partial charge in [-0.2, -0.15) is 9.97 Å². The first-order chi connectivity index (χ1) is 19.3. The summed E-state index contributed by atoms with van der Waals surface area (Å²) >= 11 is 0. The van der Waals surface area contributed by atoms with Crippen molar-refractivity contribution in [1.82, 2.24) is 34.0 Å². The zero-order valence-corrected chi connectivity index (χ0v) is 23.4. The van der Waals surface area contributed by atoms with Crippen LogP contribution >= 0.6 is 0 Å². The number of halogens is 1. The van der Waals surface area contributed by atoms with Gasteiger partial charge in [0.1, 0.15) is 17.8 Å². The zero-order chi connectivity index (χ0) is 27.6. The molecule has 4 aromatic rings. The van der Waals surface area contributed by atoms with Crippen LogP contribution in [0.2, 0.25) is 0 Å². The molecule has 1 N–H and O–H groups in total. The van der Waals surface area contributed by atoms with Gasteiger partial charge in [-0.05, 0) is 64.3 Å². The Kier molecular flexibility index (Phi) is 6.28. The molecule has 0 spiro atoms. The first-order valence-corrected chi connectivity index (χ1v) is 14.4. The first-order valence-electron chi connectivity index (χ1n) is 14.4. The Bertz CT molecular complexity index is 1550. The summed E-state index contributed by atoms with van der Waals surface area (Å²) in [6, 6.07) is 7.87. The standard InChI is InChI=1S/C29H37FN8O2/c1-29(2,39)18-8-10-36(11-9-18)17-23-32-24-26(35(23)3)33-28(34-27(24)37-12-14-40-15-13-37)38-22-7-5-4-6-21(22)31-25(38)19-16-20(19)30/h4-7,18-20,39H,8-17H2,1-3H3. The number of hydrogen-bond acceptors (Lipinski definition) is 8. The number of para-hydroxylation sites is 2. The number of hydrogen-bond donors (Lipinski definition) is 1. The van der Waals surface area contributed by atoms with Crippen molar-refractivity contribution in [3.63, 3.8) is 0 Å². The number of rotatable bonds is 6. The van der Waals surface area contributed by atoms with Crippen molar-refractivity contribution >= 4 is 28.0 Å². The van der Waals surface area contributed by atoms with E-state index in [1.165, 1.54) is 0 Å². The highest BCUT2D eigenvalue weighted by Crippen LogP contribution is 2.44. The molecule has 2 atom stereocenters. The fourth-order valence-electron chi connectivity index (χ4n) is 6.25. The fourth-order valence-corrected chi connectivity index (χ4v) is 6.25. The van der Waals surface area contributed by atoms with Gasteiger partial charge in [-0.25, -0.2) is 14.4 Å². The van der Waals surface area contributed by atoms with Gasteiger partial charge in [0.2, 0.25) is 5.95 Å². The van der Waals surface area contributed by atoms with E-state index in [9.17, 15) is 9.50 Å². The van der Waals surface area contributed by atoms with Crippen LogP contribution in [0, 0.1) is 5.92 Å². The number of ether oxygens (including phenoxy) is 1. The number of aliphatic hydroxyl groups is 1. The molecule has 10 nitrogen and oxygen atoms in total. The molecule has 5 heterocycles. The zero-order valence-electron chi connectivity index (χ0n) is 23.4. The van der Waals surface area contributed by atoms with Crippen LogP contribution < -0.4 is 4.90 Å². The number of alkyl halides is 1. The van der Waals surface area contributed by atoms with Crippen LogP contribution in [0.25, 0.3) is 28.1 Å².